The molecule has 104 valence electrons. The van der Waals surface area contributed by atoms with Gasteiger partial charge in [0.05, 0.1) is 11.2 Å². The number of aromatic nitrogens is 1. The summed E-state index contributed by atoms with van der Waals surface area (Å²) in [4.78, 5) is 15.1. The van der Waals surface area contributed by atoms with Crippen LogP contribution in [0.5, 0.6) is 5.75 Å². The molecule has 1 heterocycles. The van der Waals surface area contributed by atoms with E-state index in [2.05, 4.69) is 4.98 Å². The van der Waals surface area contributed by atoms with Crippen molar-refractivity contribution >= 4 is 28.8 Å². The molecule has 3 nitrogen and oxygen atoms in total. The van der Waals surface area contributed by atoms with Crippen molar-refractivity contribution < 1.29 is 9.53 Å². The highest BCUT2D eigenvalue weighted by Crippen LogP contribution is 2.19. The lowest BCUT2D eigenvalue weighted by molar-refractivity contribution is 0.112. The van der Waals surface area contributed by atoms with E-state index in [4.69, 9.17) is 16.3 Å². The molecule has 0 spiro atoms. The Morgan fingerprint density at radius 1 is 1.05 bits per heavy atom. The van der Waals surface area contributed by atoms with E-state index in [1.165, 1.54) is 0 Å². The fourth-order valence-electron chi connectivity index (χ4n) is 2.01. The van der Waals surface area contributed by atoms with Crippen LogP contribution in [0.1, 0.15) is 16.1 Å². The molecule has 1 aromatic heterocycles. The number of carbonyl (C=O) groups is 1. The van der Waals surface area contributed by atoms with E-state index in [1.54, 1.807) is 24.3 Å². The molecule has 0 N–H and O–H groups in total. The van der Waals surface area contributed by atoms with Crippen molar-refractivity contribution in [3.63, 3.8) is 0 Å². The molecule has 2 aromatic carbocycles. The highest BCUT2D eigenvalue weighted by atomic mass is 35.5. The van der Waals surface area contributed by atoms with Crippen molar-refractivity contribution in [3.05, 3.63) is 70.9 Å². The molecule has 21 heavy (non-hydrogen) atoms. The Hall–Kier alpha value is -2.39. The molecule has 0 atom stereocenters. The first kappa shape index (κ1) is 13.6. The Morgan fingerprint density at radius 2 is 1.81 bits per heavy atom. The predicted molar refractivity (Wildman–Crippen MR) is 82.9 cm³/mol. The zero-order valence-electron chi connectivity index (χ0n) is 11.1. The summed E-state index contributed by atoms with van der Waals surface area (Å²) in [6.45, 7) is 0.364. The van der Waals surface area contributed by atoms with E-state index in [0.717, 1.165) is 22.9 Å². The van der Waals surface area contributed by atoms with Crippen LogP contribution in [-0.4, -0.2) is 11.3 Å². The van der Waals surface area contributed by atoms with Crippen molar-refractivity contribution in [2.45, 2.75) is 6.61 Å². The fraction of sp³-hybridized carbons (Fsp3) is 0.0588. The average molecular weight is 298 g/mol. The number of nitrogens with zero attached hydrogens (tertiary/aromatic N) is 1. The Labute approximate surface area is 127 Å². The van der Waals surface area contributed by atoms with E-state index in [1.807, 2.05) is 30.3 Å². The second kappa shape index (κ2) is 5.94. The lowest BCUT2D eigenvalue weighted by Crippen LogP contribution is -1.98. The largest absolute Gasteiger partial charge is 0.487 e. The summed E-state index contributed by atoms with van der Waals surface area (Å²) in [6.07, 6.45) is 0.804. The number of benzene rings is 2. The first-order valence-electron chi connectivity index (χ1n) is 6.48. The molecule has 0 radical (unpaired) electrons. The molecule has 0 unspecified atom stereocenters. The number of carbonyl (C=O) groups excluding carboxylic acids is 1. The third-order valence-corrected chi connectivity index (χ3v) is 3.35. The van der Waals surface area contributed by atoms with Crippen LogP contribution in [0.3, 0.4) is 0 Å². The number of fused-ring (bicyclic) bond motifs is 1. The van der Waals surface area contributed by atoms with Crippen LogP contribution in [0.15, 0.2) is 54.6 Å². The highest BCUT2D eigenvalue weighted by molar-refractivity contribution is 6.31. The number of hydrogen-bond donors (Lipinski definition) is 0. The van der Waals surface area contributed by atoms with Gasteiger partial charge in [0.15, 0.2) is 0 Å². The van der Waals surface area contributed by atoms with Crippen molar-refractivity contribution in [1.29, 1.82) is 0 Å². The minimum absolute atomic E-state index is 0.364. The van der Waals surface area contributed by atoms with Gasteiger partial charge in [0, 0.05) is 16.0 Å². The standard InChI is InChI=1S/C17H12ClNO2/c18-14-5-3-13-4-6-15(19-17(13)9-14)11-21-16-7-1-12(10-20)2-8-16/h1-10H,11H2. The number of halogens is 1. The van der Waals surface area contributed by atoms with Gasteiger partial charge in [-0.1, -0.05) is 23.7 Å². The molecule has 3 rings (SSSR count). The molecule has 0 aliphatic heterocycles. The van der Waals surface area contributed by atoms with Gasteiger partial charge < -0.3 is 4.74 Å². The summed E-state index contributed by atoms with van der Waals surface area (Å²) in [5.41, 5.74) is 2.30. The monoisotopic (exact) mass is 297 g/mol. The first-order chi connectivity index (χ1) is 10.2. The van der Waals surface area contributed by atoms with Crippen molar-refractivity contribution in [2.75, 3.05) is 0 Å². The van der Waals surface area contributed by atoms with Gasteiger partial charge in [0.1, 0.15) is 18.6 Å². The lowest BCUT2D eigenvalue weighted by atomic mass is 10.2. The van der Waals surface area contributed by atoms with Crippen LogP contribution in [0.25, 0.3) is 10.9 Å². The van der Waals surface area contributed by atoms with E-state index < -0.39 is 0 Å². The van der Waals surface area contributed by atoms with Gasteiger partial charge in [0.25, 0.3) is 0 Å². The second-order valence-electron chi connectivity index (χ2n) is 4.62. The van der Waals surface area contributed by atoms with Gasteiger partial charge in [-0.3, -0.25) is 4.79 Å². The number of aldehydes is 1. The van der Waals surface area contributed by atoms with E-state index in [0.29, 0.717) is 22.9 Å². The maximum atomic E-state index is 10.6. The molecular weight excluding hydrogens is 286 g/mol. The van der Waals surface area contributed by atoms with Crippen molar-refractivity contribution in [2.24, 2.45) is 0 Å². The van der Waals surface area contributed by atoms with Crippen LogP contribution < -0.4 is 4.74 Å². The molecule has 0 fully saturated rings. The number of hydrogen-bond acceptors (Lipinski definition) is 3. The predicted octanol–water partition coefficient (Wildman–Crippen LogP) is 4.28. The van der Waals surface area contributed by atoms with Gasteiger partial charge in [-0.15, -0.1) is 0 Å². The Bertz CT molecular complexity index is 784. The van der Waals surface area contributed by atoms with Crippen molar-refractivity contribution in [3.8, 4) is 5.75 Å². The molecule has 3 aromatic rings. The van der Waals surface area contributed by atoms with E-state index in [9.17, 15) is 4.79 Å². The molecule has 0 aliphatic carbocycles. The normalized spacial score (nSPS) is 10.5. The van der Waals surface area contributed by atoms with Crippen LogP contribution in [0.4, 0.5) is 0 Å². The maximum absolute atomic E-state index is 10.6. The van der Waals surface area contributed by atoms with E-state index in [-0.39, 0.29) is 0 Å². The van der Waals surface area contributed by atoms with Crippen LogP contribution >= 0.6 is 11.6 Å². The lowest BCUT2D eigenvalue weighted by Gasteiger charge is -2.07. The van der Waals surface area contributed by atoms with Gasteiger partial charge in [0.2, 0.25) is 0 Å². The fourth-order valence-corrected chi connectivity index (χ4v) is 2.18. The maximum Gasteiger partial charge on any atom is 0.150 e. The molecule has 0 saturated heterocycles. The third kappa shape index (κ3) is 3.20. The Balaban J connectivity index is 1.76. The number of ether oxygens (including phenoxy) is 1. The van der Waals surface area contributed by atoms with Gasteiger partial charge >= 0.3 is 0 Å². The topological polar surface area (TPSA) is 39.2 Å². The second-order valence-corrected chi connectivity index (χ2v) is 5.05. The van der Waals surface area contributed by atoms with Gasteiger partial charge in [-0.05, 0) is 42.5 Å². The minimum atomic E-state index is 0.364. The van der Waals surface area contributed by atoms with Crippen LogP contribution in [-0.2, 0) is 6.61 Å². The summed E-state index contributed by atoms with van der Waals surface area (Å²) < 4.78 is 5.66. The molecule has 0 aliphatic rings. The summed E-state index contributed by atoms with van der Waals surface area (Å²) in [7, 11) is 0. The molecular formula is C17H12ClNO2. The summed E-state index contributed by atoms with van der Waals surface area (Å²) in [6, 6.07) is 16.5. The number of pyridine rings is 1. The van der Waals surface area contributed by atoms with Gasteiger partial charge in [-0.2, -0.15) is 0 Å². The summed E-state index contributed by atoms with van der Waals surface area (Å²) in [5, 5.41) is 1.70. The third-order valence-electron chi connectivity index (χ3n) is 3.11. The van der Waals surface area contributed by atoms with Gasteiger partial charge in [-0.25, -0.2) is 4.98 Å². The Kier molecular flexibility index (Phi) is 3.84. The molecule has 0 bridgehead atoms. The minimum Gasteiger partial charge on any atom is -0.487 e. The average Bonchev–Trinajstić information content (AvgIpc) is 2.53. The zero-order chi connectivity index (χ0) is 14.7. The SMILES string of the molecule is O=Cc1ccc(OCc2ccc3ccc(Cl)cc3n2)cc1. The van der Waals surface area contributed by atoms with Crippen molar-refractivity contribution in [1.82, 2.24) is 4.98 Å². The molecule has 0 saturated carbocycles. The number of rotatable bonds is 4. The molecule has 4 heteroatoms. The van der Waals surface area contributed by atoms with Crippen LogP contribution in [0, 0.1) is 0 Å². The summed E-state index contributed by atoms with van der Waals surface area (Å²) >= 11 is 5.97. The summed E-state index contributed by atoms with van der Waals surface area (Å²) in [5.74, 6) is 0.702. The zero-order valence-corrected chi connectivity index (χ0v) is 11.9. The molecule has 0 amide bonds. The highest BCUT2D eigenvalue weighted by Gasteiger charge is 2.01. The first-order valence-corrected chi connectivity index (χ1v) is 6.85. The van der Waals surface area contributed by atoms with E-state index >= 15 is 0 Å². The van der Waals surface area contributed by atoms with Crippen LogP contribution in [0.2, 0.25) is 5.02 Å². The Morgan fingerprint density at radius 3 is 2.57 bits per heavy atom. The smallest absolute Gasteiger partial charge is 0.150 e. The quantitative estimate of drug-likeness (QED) is 0.675.